The molecule has 0 spiro atoms. The number of azo groups is 1. The van der Waals surface area contributed by atoms with E-state index in [2.05, 4.69) is 23.3 Å². The van der Waals surface area contributed by atoms with Gasteiger partial charge in [-0.2, -0.15) is 0 Å². The minimum atomic E-state index is 0.710. The fraction of sp³-hybridized carbons (Fsp3) is 0. The van der Waals surface area contributed by atoms with E-state index in [-0.39, 0.29) is 0 Å². The smallest absolute Gasteiger partial charge is 0.101 e. The molecular weight excluding hydrogens is 368 g/mol. The standard InChI is InChI=1S/C26H20N4/c27-19-14-12-18(13-15-19)23-16-24(28)21-9-3-4-10-22(21)26(23)30-29-25-11-5-7-17-6-1-2-8-20(17)25/h1-16H,27-28H2. The van der Waals surface area contributed by atoms with Gasteiger partial charge in [-0.3, -0.25) is 0 Å². The summed E-state index contributed by atoms with van der Waals surface area (Å²) in [4.78, 5) is 0. The lowest BCUT2D eigenvalue weighted by Crippen LogP contribution is -1.91. The molecule has 5 aromatic carbocycles. The molecule has 4 nitrogen and oxygen atoms in total. The van der Waals surface area contributed by atoms with Crippen LogP contribution in [0.5, 0.6) is 0 Å². The van der Waals surface area contributed by atoms with Crippen molar-refractivity contribution in [2.45, 2.75) is 0 Å². The Hall–Kier alpha value is -4.18. The van der Waals surface area contributed by atoms with Crippen LogP contribution in [0.2, 0.25) is 0 Å². The quantitative estimate of drug-likeness (QED) is 0.252. The predicted octanol–water partition coefficient (Wildman–Crippen LogP) is 7.24. The molecule has 0 fully saturated rings. The molecule has 0 bridgehead atoms. The number of hydrogen-bond donors (Lipinski definition) is 2. The molecule has 5 rings (SSSR count). The van der Waals surface area contributed by atoms with E-state index >= 15 is 0 Å². The predicted molar refractivity (Wildman–Crippen MR) is 126 cm³/mol. The van der Waals surface area contributed by atoms with Crippen LogP contribution in [-0.4, -0.2) is 0 Å². The van der Waals surface area contributed by atoms with Gasteiger partial charge in [-0.25, -0.2) is 0 Å². The number of hydrogen-bond acceptors (Lipinski definition) is 4. The van der Waals surface area contributed by atoms with Gasteiger partial charge in [-0.15, -0.1) is 10.2 Å². The molecule has 5 aromatic rings. The number of nitrogens with two attached hydrogens (primary N) is 2. The van der Waals surface area contributed by atoms with Gasteiger partial charge in [-0.1, -0.05) is 72.8 Å². The maximum Gasteiger partial charge on any atom is 0.101 e. The van der Waals surface area contributed by atoms with Gasteiger partial charge in [0.15, 0.2) is 0 Å². The largest absolute Gasteiger partial charge is 0.399 e. The second kappa shape index (κ2) is 7.33. The summed E-state index contributed by atoms with van der Waals surface area (Å²) in [6.45, 7) is 0. The highest BCUT2D eigenvalue weighted by Gasteiger charge is 2.13. The summed E-state index contributed by atoms with van der Waals surface area (Å²) in [5.41, 5.74) is 17.2. The molecule has 30 heavy (non-hydrogen) atoms. The lowest BCUT2D eigenvalue weighted by atomic mass is 9.97. The van der Waals surface area contributed by atoms with Gasteiger partial charge in [0.25, 0.3) is 0 Å². The minimum absolute atomic E-state index is 0.710. The Morgan fingerprint density at radius 1 is 0.567 bits per heavy atom. The van der Waals surface area contributed by atoms with Crippen molar-refractivity contribution in [3.63, 3.8) is 0 Å². The molecular formula is C26H20N4. The highest BCUT2D eigenvalue weighted by atomic mass is 15.1. The van der Waals surface area contributed by atoms with E-state index in [9.17, 15) is 0 Å². The van der Waals surface area contributed by atoms with Crippen molar-refractivity contribution < 1.29 is 0 Å². The highest BCUT2D eigenvalue weighted by molar-refractivity contribution is 6.06. The first-order valence-electron chi connectivity index (χ1n) is 9.77. The molecule has 4 N–H and O–H groups in total. The fourth-order valence-electron chi connectivity index (χ4n) is 3.78. The molecule has 0 heterocycles. The zero-order chi connectivity index (χ0) is 20.5. The first-order chi connectivity index (χ1) is 14.7. The second-order valence-electron chi connectivity index (χ2n) is 7.23. The molecule has 0 aliphatic carbocycles. The van der Waals surface area contributed by atoms with Gasteiger partial charge in [0.1, 0.15) is 5.69 Å². The van der Waals surface area contributed by atoms with Crippen LogP contribution in [0.4, 0.5) is 22.7 Å². The van der Waals surface area contributed by atoms with Crippen molar-refractivity contribution in [1.29, 1.82) is 0 Å². The molecule has 4 heteroatoms. The van der Waals surface area contributed by atoms with Crippen LogP contribution in [0.1, 0.15) is 0 Å². The van der Waals surface area contributed by atoms with Crippen molar-refractivity contribution >= 4 is 44.3 Å². The Morgan fingerprint density at radius 2 is 1.23 bits per heavy atom. The third-order valence-electron chi connectivity index (χ3n) is 5.29. The lowest BCUT2D eigenvalue weighted by Gasteiger charge is -2.12. The first kappa shape index (κ1) is 17.9. The van der Waals surface area contributed by atoms with Crippen LogP contribution >= 0.6 is 0 Å². The van der Waals surface area contributed by atoms with Crippen LogP contribution in [0.25, 0.3) is 32.7 Å². The number of nitrogen functional groups attached to an aromatic ring is 2. The molecule has 0 aliphatic rings. The second-order valence-corrected chi connectivity index (χ2v) is 7.23. The number of benzene rings is 5. The number of rotatable bonds is 3. The van der Waals surface area contributed by atoms with E-state index in [1.54, 1.807) is 0 Å². The summed E-state index contributed by atoms with van der Waals surface area (Å²) in [7, 11) is 0. The van der Waals surface area contributed by atoms with E-state index in [1.807, 2.05) is 78.9 Å². The van der Waals surface area contributed by atoms with Crippen molar-refractivity contribution in [2.75, 3.05) is 11.5 Å². The van der Waals surface area contributed by atoms with Crippen LogP contribution in [0.15, 0.2) is 107 Å². The summed E-state index contributed by atoms with van der Waals surface area (Å²) in [6.07, 6.45) is 0. The normalized spacial score (nSPS) is 11.5. The number of nitrogens with zero attached hydrogens (tertiary/aromatic N) is 2. The molecule has 0 saturated carbocycles. The van der Waals surface area contributed by atoms with Gasteiger partial charge in [-0.05, 0) is 35.2 Å². The van der Waals surface area contributed by atoms with Crippen molar-refractivity contribution in [3.05, 3.63) is 97.1 Å². The monoisotopic (exact) mass is 388 g/mol. The summed E-state index contributed by atoms with van der Waals surface area (Å²) in [5, 5.41) is 13.5. The van der Waals surface area contributed by atoms with Gasteiger partial charge >= 0.3 is 0 Å². The van der Waals surface area contributed by atoms with E-state index in [0.29, 0.717) is 11.4 Å². The average molecular weight is 388 g/mol. The Balaban J connectivity index is 1.74. The molecule has 0 atom stereocenters. The average Bonchev–Trinajstić information content (AvgIpc) is 2.79. The number of anilines is 2. The van der Waals surface area contributed by atoms with Gasteiger partial charge < -0.3 is 11.5 Å². The van der Waals surface area contributed by atoms with Crippen molar-refractivity contribution in [3.8, 4) is 11.1 Å². The van der Waals surface area contributed by atoms with Gasteiger partial charge in [0.2, 0.25) is 0 Å². The third-order valence-corrected chi connectivity index (χ3v) is 5.29. The molecule has 0 saturated heterocycles. The Labute approximate surface area is 174 Å². The van der Waals surface area contributed by atoms with E-state index in [4.69, 9.17) is 16.6 Å². The topological polar surface area (TPSA) is 76.8 Å². The fourth-order valence-corrected chi connectivity index (χ4v) is 3.78. The highest BCUT2D eigenvalue weighted by Crippen LogP contribution is 2.41. The Bertz CT molecular complexity index is 1400. The molecule has 0 radical (unpaired) electrons. The molecule has 0 aliphatic heterocycles. The summed E-state index contributed by atoms with van der Waals surface area (Å²) < 4.78 is 0. The van der Waals surface area contributed by atoms with Gasteiger partial charge in [0, 0.05) is 33.1 Å². The Kier molecular flexibility index (Phi) is 4.37. The number of fused-ring (bicyclic) bond motifs is 2. The zero-order valence-corrected chi connectivity index (χ0v) is 16.3. The minimum Gasteiger partial charge on any atom is -0.399 e. The molecule has 0 aromatic heterocycles. The van der Waals surface area contributed by atoms with Crippen LogP contribution in [-0.2, 0) is 0 Å². The lowest BCUT2D eigenvalue weighted by molar-refractivity contribution is 1.25. The molecule has 0 unspecified atom stereocenters. The summed E-state index contributed by atoms with van der Waals surface area (Å²) >= 11 is 0. The third kappa shape index (κ3) is 3.14. The van der Waals surface area contributed by atoms with Gasteiger partial charge in [0.05, 0.1) is 5.69 Å². The Morgan fingerprint density at radius 3 is 2.03 bits per heavy atom. The van der Waals surface area contributed by atoms with Crippen LogP contribution < -0.4 is 11.5 Å². The van der Waals surface area contributed by atoms with Crippen molar-refractivity contribution in [1.82, 2.24) is 0 Å². The SMILES string of the molecule is Nc1ccc(-c2cc(N)c3ccccc3c2N=Nc2cccc3ccccc23)cc1. The van der Waals surface area contributed by atoms with Crippen LogP contribution in [0, 0.1) is 0 Å². The first-order valence-corrected chi connectivity index (χ1v) is 9.77. The van der Waals surface area contributed by atoms with E-state index in [0.717, 1.165) is 44.0 Å². The maximum absolute atomic E-state index is 6.38. The van der Waals surface area contributed by atoms with E-state index in [1.165, 1.54) is 0 Å². The van der Waals surface area contributed by atoms with E-state index < -0.39 is 0 Å². The molecule has 144 valence electrons. The summed E-state index contributed by atoms with van der Waals surface area (Å²) in [6, 6.07) is 31.9. The van der Waals surface area contributed by atoms with Crippen molar-refractivity contribution in [2.24, 2.45) is 10.2 Å². The maximum atomic E-state index is 6.38. The zero-order valence-electron chi connectivity index (χ0n) is 16.3. The molecule has 0 amide bonds. The summed E-state index contributed by atoms with van der Waals surface area (Å²) in [5.74, 6) is 0. The van der Waals surface area contributed by atoms with Crippen LogP contribution in [0.3, 0.4) is 0 Å².